The molecule has 3 aromatic rings. The third-order valence-corrected chi connectivity index (χ3v) is 5.29. The van der Waals surface area contributed by atoms with Gasteiger partial charge in [-0.3, -0.25) is 9.78 Å². The van der Waals surface area contributed by atoms with Crippen LogP contribution in [-0.4, -0.2) is 35.4 Å². The van der Waals surface area contributed by atoms with Gasteiger partial charge < -0.3 is 14.4 Å². The van der Waals surface area contributed by atoms with Gasteiger partial charge in [-0.1, -0.05) is 48.0 Å². The minimum atomic E-state index is -4.83. The third kappa shape index (κ3) is 4.91. The summed E-state index contributed by atoms with van der Waals surface area (Å²) in [4.78, 5) is 18.6. The third-order valence-electron chi connectivity index (χ3n) is 5.29. The summed E-state index contributed by atoms with van der Waals surface area (Å²) in [6, 6.07) is 14.9. The number of rotatable bonds is 5. The maximum atomic E-state index is 13.0. The van der Waals surface area contributed by atoms with E-state index in [-0.39, 0.29) is 30.4 Å². The lowest BCUT2D eigenvalue weighted by Crippen LogP contribution is -2.43. The number of hydrogen-bond donors (Lipinski definition) is 0. The predicted molar refractivity (Wildman–Crippen MR) is 112 cm³/mol. The minimum absolute atomic E-state index is 0.0499. The Labute approximate surface area is 183 Å². The topological polar surface area (TPSA) is 51.7 Å². The van der Waals surface area contributed by atoms with Gasteiger partial charge in [0.2, 0.25) is 5.91 Å². The number of para-hydroxylation sites is 1. The van der Waals surface area contributed by atoms with Gasteiger partial charge in [0.15, 0.2) is 0 Å². The van der Waals surface area contributed by atoms with E-state index in [1.54, 1.807) is 29.3 Å². The van der Waals surface area contributed by atoms with Crippen LogP contribution in [0.15, 0.2) is 67.0 Å². The maximum Gasteiger partial charge on any atom is 0.573 e. The number of pyridine rings is 1. The monoisotopic (exact) mass is 442 g/mol. The van der Waals surface area contributed by atoms with E-state index in [0.717, 1.165) is 11.1 Å². The van der Waals surface area contributed by atoms with Gasteiger partial charge in [0.1, 0.15) is 12.4 Å². The first-order valence-electron chi connectivity index (χ1n) is 10.0. The lowest BCUT2D eigenvalue weighted by molar-refractivity contribution is -0.274. The highest BCUT2D eigenvalue weighted by Crippen LogP contribution is 2.39. The molecule has 1 unspecified atom stereocenters. The molecular formula is C24H21F3N2O3. The zero-order valence-corrected chi connectivity index (χ0v) is 17.3. The Morgan fingerprint density at radius 3 is 2.59 bits per heavy atom. The second-order valence-corrected chi connectivity index (χ2v) is 7.55. The molecule has 8 heteroatoms. The van der Waals surface area contributed by atoms with Crippen LogP contribution in [0.1, 0.15) is 22.7 Å². The van der Waals surface area contributed by atoms with E-state index in [1.165, 1.54) is 18.3 Å². The van der Waals surface area contributed by atoms with Crippen molar-refractivity contribution in [2.75, 3.05) is 13.2 Å². The Morgan fingerprint density at radius 2 is 1.84 bits per heavy atom. The smallest absolute Gasteiger partial charge is 0.405 e. The molecule has 166 valence electrons. The van der Waals surface area contributed by atoms with Crippen molar-refractivity contribution in [3.8, 4) is 16.9 Å². The van der Waals surface area contributed by atoms with Crippen LogP contribution < -0.4 is 4.74 Å². The van der Waals surface area contributed by atoms with Gasteiger partial charge in [0.05, 0.1) is 12.6 Å². The van der Waals surface area contributed by atoms with Crippen molar-refractivity contribution >= 4 is 5.91 Å². The predicted octanol–water partition coefficient (Wildman–Crippen LogP) is 5.06. The standard InChI is InChI=1S/C24H21F3N2O3/c1-16-6-8-17(9-7-16)13-29-21(14-31-15-23(29)30)20-12-28-11-10-18(20)19-4-2-3-5-22(19)32-24(25,26)27/h2-12,21H,13-15H2,1H3. The molecule has 5 nitrogen and oxygen atoms in total. The van der Waals surface area contributed by atoms with Crippen LogP contribution in [0.4, 0.5) is 13.2 Å². The number of halogens is 3. The molecule has 4 rings (SSSR count). The Bertz CT molecular complexity index is 1100. The Balaban J connectivity index is 1.74. The average molecular weight is 442 g/mol. The first kappa shape index (κ1) is 21.8. The van der Waals surface area contributed by atoms with Gasteiger partial charge >= 0.3 is 6.36 Å². The van der Waals surface area contributed by atoms with E-state index in [2.05, 4.69) is 9.72 Å². The number of ether oxygens (including phenoxy) is 2. The van der Waals surface area contributed by atoms with Crippen molar-refractivity contribution < 1.29 is 27.4 Å². The molecule has 2 heterocycles. The zero-order chi connectivity index (χ0) is 22.7. The molecule has 1 aromatic heterocycles. The number of nitrogens with zero attached hydrogens (tertiary/aromatic N) is 2. The maximum absolute atomic E-state index is 13.0. The summed E-state index contributed by atoms with van der Waals surface area (Å²) in [6.45, 7) is 2.49. The lowest BCUT2D eigenvalue weighted by Gasteiger charge is -2.36. The quantitative estimate of drug-likeness (QED) is 0.555. The van der Waals surface area contributed by atoms with Crippen LogP contribution in [0.25, 0.3) is 11.1 Å². The summed E-state index contributed by atoms with van der Waals surface area (Å²) in [6.07, 6.45) is -1.77. The van der Waals surface area contributed by atoms with Crippen LogP contribution >= 0.6 is 0 Å². The highest BCUT2D eigenvalue weighted by molar-refractivity contribution is 5.80. The normalized spacial score (nSPS) is 16.8. The van der Waals surface area contributed by atoms with Gasteiger partial charge in [-0.15, -0.1) is 13.2 Å². The fraction of sp³-hybridized carbons (Fsp3) is 0.250. The molecule has 1 atom stereocenters. The number of amides is 1. The number of aryl methyl sites for hydroxylation is 1. The number of aromatic nitrogens is 1. The number of hydrogen-bond acceptors (Lipinski definition) is 4. The molecule has 0 aliphatic carbocycles. The fourth-order valence-electron chi connectivity index (χ4n) is 3.77. The summed E-state index contributed by atoms with van der Waals surface area (Å²) in [5.41, 5.74) is 3.40. The van der Waals surface area contributed by atoms with Crippen LogP contribution in [0.2, 0.25) is 0 Å². The Morgan fingerprint density at radius 1 is 1.09 bits per heavy atom. The Kier molecular flexibility index (Phi) is 6.14. The molecule has 1 aliphatic heterocycles. The van der Waals surface area contributed by atoms with Gasteiger partial charge in [-0.05, 0) is 30.2 Å². The summed E-state index contributed by atoms with van der Waals surface area (Å²) < 4.78 is 48.7. The number of carbonyl (C=O) groups excluding carboxylic acids is 1. The first-order valence-corrected chi connectivity index (χ1v) is 10.0. The molecule has 2 aromatic carbocycles. The number of carbonyl (C=O) groups is 1. The molecule has 0 bridgehead atoms. The van der Waals surface area contributed by atoms with Crippen molar-refractivity contribution in [2.24, 2.45) is 0 Å². The minimum Gasteiger partial charge on any atom is -0.405 e. The van der Waals surface area contributed by atoms with Crippen molar-refractivity contribution in [1.82, 2.24) is 9.88 Å². The summed E-state index contributed by atoms with van der Waals surface area (Å²) in [5, 5.41) is 0. The van der Waals surface area contributed by atoms with E-state index in [1.807, 2.05) is 31.2 Å². The van der Waals surface area contributed by atoms with Crippen LogP contribution in [0.3, 0.4) is 0 Å². The van der Waals surface area contributed by atoms with E-state index in [9.17, 15) is 18.0 Å². The van der Waals surface area contributed by atoms with Crippen molar-refractivity contribution in [3.63, 3.8) is 0 Å². The summed E-state index contributed by atoms with van der Waals surface area (Å²) >= 11 is 0. The molecule has 0 spiro atoms. The molecule has 1 amide bonds. The van der Waals surface area contributed by atoms with Crippen LogP contribution in [-0.2, 0) is 16.1 Å². The average Bonchev–Trinajstić information content (AvgIpc) is 2.76. The lowest BCUT2D eigenvalue weighted by atomic mass is 9.94. The van der Waals surface area contributed by atoms with Crippen molar-refractivity contribution in [3.05, 3.63) is 83.7 Å². The van der Waals surface area contributed by atoms with Gasteiger partial charge in [0.25, 0.3) is 0 Å². The second-order valence-electron chi connectivity index (χ2n) is 7.55. The number of morpholine rings is 1. The SMILES string of the molecule is Cc1ccc(CN2C(=O)COCC2c2cnccc2-c2ccccc2OC(F)(F)F)cc1. The highest BCUT2D eigenvalue weighted by Gasteiger charge is 2.34. The Hall–Kier alpha value is -3.39. The van der Waals surface area contributed by atoms with Crippen molar-refractivity contribution in [1.29, 1.82) is 0 Å². The molecule has 32 heavy (non-hydrogen) atoms. The fourth-order valence-corrected chi connectivity index (χ4v) is 3.77. The molecule has 1 fully saturated rings. The van der Waals surface area contributed by atoms with Gasteiger partial charge in [0, 0.05) is 30.1 Å². The molecule has 0 N–H and O–H groups in total. The first-order chi connectivity index (χ1) is 15.3. The van der Waals surface area contributed by atoms with Crippen molar-refractivity contribution in [2.45, 2.75) is 25.9 Å². The van der Waals surface area contributed by atoms with Gasteiger partial charge in [-0.25, -0.2) is 0 Å². The summed E-state index contributed by atoms with van der Waals surface area (Å²) in [7, 11) is 0. The van der Waals surface area contributed by atoms with Gasteiger partial charge in [-0.2, -0.15) is 0 Å². The van der Waals surface area contributed by atoms with E-state index < -0.39 is 12.4 Å². The number of alkyl halides is 3. The molecular weight excluding hydrogens is 421 g/mol. The van der Waals surface area contributed by atoms with E-state index in [4.69, 9.17) is 4.74 Å². The zero-order valence-electron chi connectivity index (χ0n) is 17.3. The number of benzene rings is 2. The van der Waals surface area contributed by atoms with Crippen LogP contribution in [0, 0.1) is 6.92 Å². The molecule has 1 saturated heterocycles. The van der Waals surface area contributed by atoms with Crippen LogP contribution in [0.5, 0.6) is 5.75 Å². The highest BCUT2D eigenvalue weighted by atomic mass is 19.4. The van der Waals surface area contributed by atoms with E-state index >= 15 is 0 Å². The second kappa shape index (κ2) is 9.00. The molecule has 0 radical (unpaired) electrons. The summed E-state index contributed by atoms with van der Waals surface area (Å²) in [5.74, 6) is -0.517. The van der Waals surface area contributed by atoms with E-state index in [0.29, 0.717) is 17.7 Å². The molecule has 0 saturated carbocycles. The molecule has 1 aliphatic rings. The largest absolute Gasteiger partial charge is 0.573 e.